The molecule has 0 radical (unpaired) electrons. The molecule has 0 aliphatic carbocycles. The van der Waals surface area contributed by atoms with Crippen molar-refractivity contribution in [3.63, 3.8) is 0 Å². The molecule has 0 aromatic heterocycles. The van der Waals surface area contributed by atoms with Gasteiger partial charge in [-0.3, -0.25) is 0 Å². The number of nitrogens with one attached hydrogen (secondary N) is 1. The zero-order valence-electron chi connectivity index (χ0n) is 10.8. The molecule has 5 nitrogen and oxygen atoms in total. The van der Waals surface area contributed by atoms with Gasteiger partial charge in [0.25, 0.3) is 0 Å². The Morgan fingerprint density at radius 3 is 3.00 bits per heavy atom. The summed E-state index contributed by atoms with van der Waals surface area (Å²) in [7, 11) is 1.64. The fourth-order valence-corrected chi connectivity index (χ4v) is 2.33. The first-order valence-corrected chi connectivity index (χ1v) is 6.06. The van der Waals surface area contributed by atoms with Crippen LogP contribution in [0.2, 0.25) is 0 Å². The van der Waals surface area contributed by atoms with E-state index in [4.69, 9.17) is 10.5 Å². The standard InChI is InChI=1S/C13H19N3O2/c1-9-3-4-12(18-2)10(7-9)11-8-15-13(17)16(11)6-5-14/h3-4,7,11H,5-6,8,14H2,1-2H3,(H,15,17). The minimum atomic E-state index is -0.0611. The molecule has 1 fully saturated rings. The lowest BCUT2D eigenvalue weighted by molar-refractivity contribution is 0.205. The second-order valence-electron chi connectivity index (χ2n) is 4.43. The minimum Gasteiger partial charge on any atom is -0.496 e. The number of methoxy groups -OCH3 is 1. The molecule has 1 aliphatic heterocycles. The van der Waals surface area contributed by atoms with Crippen LogP contribution in [0.1, 0.15) is 17.2 Å². The molecule has 2 rings (SSSR count). The van der Waals surface area contributed by atoms with E-state index in [0.717, 1.165) is 16.9 Å². The zero-order chi connectivity index (χ0) is 13.1. The number of amides is 2. The summed E-state index contributed by atoms with van der Waals surface area (Å²) in [6.07, 6.45) is 0. The lowest BCUT2D eigenvalue weighted by Gasteiger charge is -2.24. The number of rotatable bonds is 4. The van der Waals surface area contributed by atoms with Gasteiger partial charge in [0.15, 0.2) is 0 Å². The molecule has 5 heteroatoms. The maximum atomic E-state index is 11.8. The Labute approximate surface area is 107 Å². The number of nitrogens with zero attached hydrogens (tertiary/aromatic N) is 1. The number of aryl methyl sites for hydroxylation is 1. The lowest BCUT2D eigenvalue weighted by Crippen LogP contribution is -2.34. The normalized spacial score (nSPS) is 18.9. The highest BCUT2D eigenvalue weighted by molar-refractivity contribution is 5.77. The molecule has 1 unspecified atom stereocenters. The average molecular weight is 249 g/mol. The first kappa shape index (κ1) is 12.7. The summed E-state index contributed by atoms with van der Waals surface area (Å²) in [5.74, 6) is 0.809. The fourth-order valence-electron chi connectivity index (χ4n) is 2.33. The van der Waals surface area contributed by atoms with Gasteiger partial charge in [0.2, 0.25) is 0 Å². The van der Waals surface area contributed by atoms with Gasteiger partial charge in [-0.2, -0.15) is 0 Å². The smallest absolute Gasteiger partial charge is 0.318 e. The lowest BCUT2D eigenvalue weighted by atomic mass is 10.0. The SMILES string of the molecule is COc1ccc(C)cc1C1CNC(=O)N1CCN. The van der Waals surface area contributed by atoms with Crippen LogP contribution in [0.5, 0.6) is 5.75 Å². The molecule has 1 aromatic carbocycles. The molecule has 2 amide bonds. The molecule has 1 aromatic rings. The van der Waals surface area contributed by atoms with Crippen LogP contribution >= 0.6 is 0 Å². The molecular weight excluding hydrogens is 230 g/mol. The number of ether oxygens (including phenoxy) is 1. The van der Waals surface area contributed by atoms with Gasteiger partial charge in [-0.05, 0) is 13.0 Å². The van der Waals surface area contributed by atoms with Crippen molar-refractivity contribution in [3.05, 3.63) is 29.3 Å². The van der Waals surface area contributed by atoms with Crippen LogP contribution in [0.3, 0.4) is 0 Å². The predicted molar refractivity (Wildman–Crippen MR) is 69.6 cm³/mol. The van der Waals surface area contributed by atoms with Crippen LogP contribution in [-0.4, -0.2) is 37.7 Å². The van der Waals surface area contributed by atoms with Crippen molar-refractivity contribution in [1.29, 1.82) is 0 Å². The molecule has 1 saturated heterocycles. The fraction of sp³-hybridized carbons (Fsp3) is 0.462. The van der Waals surface area contributed by atoms with Crippen molar-refractivity contribution in [2.75, 3.05) is 26.7 Å². The Morgan fingerprint density at radius 2 is 2.33 bits per heavy atom. The summed E-state index contributed by atoms with van der Waals surface area (Å²) < 4.78 is 5.38. The second kappa shape index (κ2) is 5.27. The van der Waals surface area contributed by atoms with Crippen LogP contribution in [-0.2, 0) is 0 Å². The second-order valence-corrected chi connectivity index (χ2v) is 4.43. The summed E-state index contributed by atoms with van der Waals surface area (Å²) in [5.41, 5.74) is 7.74. The monoisotopic (exact) mass is 249 g/mol. The van der Waals surface area contributed by atoms with Crippen LogP contribution < -0.4 is 15.8 Å². The Bertz CT molecular complexity index is 448. The number of urea groups is 1. The number of nitrogens with two attached hydrogens (primary N) is 1. The van der Waals surface area contributed by atoms with Crippen molar-refractivity contribution in [1.82, 2.24) is 10.2 Å². The van der Waals surface area contributed by atoms with E-state index >= 15 is 0 Å². The Balaban J connectivity index is 2.35. The summed E-state index contributed by atoms with van der Waals surface area (Å²) in [4.78, 5) is 13.5. The zero-order valence-corrected chi connectivity index (χ0v) is 10.8. The minimum absolute atomic E-state index is 0.00380. The number of hydrogen-bond donors (Lipinski definition) is 2. The van der Waals surface area contributed by atoms with Gasteiger partial charge in [-0.15, -0.1) is 0 Å². The molecule has 0 bridgehead atoms. The highest BCUT2D eigenvalue weighted by Gasteiger charge is 2.32. The average Bonchev–Trinajstić information content (AvgIpc) is 2.72. The van der Waals surface area contributed by atoms with E-state index in [1.54, 1.807) is 12.0 Å². The highest BCUT2D eigenvalue weighted by atomic mass is 16.5. The van der Waals surface area contributed by atoms with Crippen LogP contribution in [0, 0.1) is 6.92 Å². The van der Waals surface area contributed by atoms with E-state index in [9.17, 15) is 4.79 Å². The molecule has 0 spiro atoms. The molecular formula is C13H19N3O2. The highest BCUT2D eigenvalue weighted by Crippen LogP contribution is 2.32. The van der Waals surface area contributed by atoms with Gasteiger partial charge < -0.3 is 20.7 Å². The van der Waals surface area contributed by atoms with E-state index in [-0.39, 0.29) is 12.1 Å². The maximum Gasteiger partial charge on any atom is 0.318 e. The predicted octanol–water partition coefficient (Wildman–Crippen LogP) is 1.03. The van der Waals surface area contributed by atoms with E-state index in [0.29, 0.717) is 19.6 Å². The number of carbonyl (C=O) groups excluding carboxylic acids is 1. The first-order chi connectivity index (χ1) is 8.67. The van der Waals surface area contributed by atoms with Gasteiger partial charge in [0.1, 0.15) is 5.75 Å². The summed E-state index contributed by atoms with van der Waals surface area (Å²) in [6.45, 7) is 3.63. The van der Waals surface area contributed by atoms with Gasteiger partial charge >= 0.3 is 6.03 Å². The van der Waals surface area contributed by atoms with E-state index in [1.807, 2.05) is 19.1 Å². The van der Waals surface area contributed by atoms with Gasteiger partial charge in [0, 0.05) is 25.2 Å². The van der Waals surface area contributed by atoms with Crippen molar-refractivity contribution in [2.24, 2.45) is 5.73 Å². The molecule has 18 heavy (non-hydrogen) atoms. The van der Waals surface area contributed by atoms with Crippen LogP contribution in [0.15, 0.2) is 18.2 Å². The number of hydrogen-bond acceptors (Lipinski definition) is 3. The van der Waals surface area contributed by atoms with Gasteiger partial charge in [-0.1, -0.05) is 17.7 Å². The number of carbonyl (C=O) groups is 1. The van der Waals surface area contributed by atoms with E-state index in [2.05, 4.69) is 11.4 Å². The van der Waals surface area contributed by atoms with Crippen molar-refractivity contribution < 1.29 is 9.53 Å². The molecule has 1 atom stereocenters. The summed E-state index contributed by atoms with van der Waals surface area (Å²) >= 11 is 0. The number of benzene rings is 1. The summed E-state index contributed by atoms with van der Waals surface area (Å²) in [6, 6.07) is 5.94. The van der Waals surface area contributed by atoms with Gasteiger partial charge in [-0.25, -0.2) is 4.79 Å². The topological polar surface area (TPSA) is 67.6 Å². The molecule has 3 N–H and O–H groups in total. The van der Waals surface area contributed by atoms with Crippen molar-refractivity contribution >= 4 is 6.03 Å². The van der Waals surface area contributed by atoms with Crippen molar-refractivity contribution in [2.45, 2.75) is 13.0 Å². The molecule has 1 aliphatic rings. The molecule has 0 saturated carbocycles. The van der Waals surface area contributed by atoms with Crippen LogP contribution in [0.4, 0.5) is 4.79 Å². The largest absolute Gasteiger partial charge is 0.496 e. The van der Waals surface area contributed by atoms with Gasteiger partial charge in [0.05, 0.1) is 13.2 Å². The Morgan fingerprint density at radius 1 is 1.56 bits per heavy atom. The first-order valence-electron chi connectivity index (χ1n) is 6.06. The summed E-state index contributed by atoms with van der Waals surface area (Å²) in [5, 5.41) is 2.85. The van der Waals surface area contributed by atoms with Crippen molar-refractivity contribution in [3.8, 4) is 5.75 Å². The third kappa shape index (κ3) is 2.26. The quantitative estimate of drug-likeness (QED) is 0.837. The van der Waals surface area contributed by atoms with E-state index < -0.39 is 0 Å². The third-order valence-electron chi connectivity index (χ3n) is 3.20. The Kier molecular flexibility index (Phi) is 3.72. The van der Waals surface area contributed by atoms with Crippen LogP contribution in [0.25, 0.3) is 0 Å². The molecule has 98 valence electrons. The third-order valence-corrected chi connectivity index (χ3v) is 3.20. The maximum absolute atomic E-state index is 11.8. The molecule has 1 heterocycles. The van der Waals surface area contributed by atoms with E-state index in [1.165, 1.54) is 0 Å². The Hall–Kier alpha value is -1.75.